The van der Waals surface area contributed by atoms with Crippen molar-refractivity contribution < 1.29 is 14.7 Å². The topological polar surface area (TPSA) is 75.4 Å². The zero-order valence-electron chi connectivity index (χ0n) is 14.4. The molecule has 0 unspecified atom stereocenters. The van der Waals surface area contributed by atoms with Crippen LogP contribution in [-0.4, -0.2) is 44.8 Å². The number of carboxylic acids is 1. The Balaban J connectivity index is 2.20. The molecule has 24 heavy (non-hydrogen) atoms. The Bertz CT molecular complexity index is 717. The number of benzene rings is 1. The van der Waals surface area contributed by atoms with Gasteiger partial charge >= 0.3 is 5.97 Å². The van der Waals surface area contributed by atoms with E-state index in [1.165, 1.54) is 18.1 Å². The minimum atomic E-state index is -1.03. The van der Waals surface area contributed by atoms with Crippen LogP contribution in [0.4, 0.5) is 0 Å². The molecule has 1 aromatic heterocycles. The second-order valence-electron chi connectivity index (χ2n) is 6.80. The van der Waals surface area contributed by atoms with Crippen molar-refractivity contribution in [3.8, 4) is 0 Å². The molecule has 1 atom stereocenters. The standard InChI is InChI=1S/C18H23N3O3/c1-18(2,3)21-12-14(11-19-21)16(22)20(4)15(17(23)24)10-13-8-6-5-7-9-13/h5-9,11-12,15H,10H2,1-4H3,(H,23,24)/t15-/m1/s1. The maximum absolute atomic E-state index is 12.6. The molecule has 1 aromatic carbocycles. The molecule has 1 N–H and O–H groups in total. The second-order valence-corrected chi connectivity index (χ2v) is 6.80. The number of rotatable bonds is 5. The van der Waals surface area contributed by atoms with Gasteiger partial charge in [-0.3, -0.25) is 9.48 Å². The summed E-state index contributed by atoms with van der Waals surface area (Å²) in [5.74, 6) is -1.38. The Hall–Kier alpha value is -2.63. The Morgan fingerprint density at radius 1 is 1.25 bits per heavy atom. The van der Waals surface area contributed by atoms with Crippen molar-refractivity contribution in [3.05, 3.63) is 53.9 Å². The summed E-state index contributed by atoms with van der Waals surface area (Å²) in [6.45, 7) is 5.94. The van der Waals surface area contributed by atoms with Crippen LogP contribution in [0.3, 0.4) is 0 Å². The molecule has 1 amide bonds. The fraction of sp³-hybridized carbons (Fsp3) is 0.389. The molecule has 2 aromatic rings. The number of nitrogens with zero attached hydrogens (tertiary/aromatic N) is 3. The van der Waals surface area contributed by atoms with Crippen LogP contribution >= 0.6 is 0 Å². The molecule has 1 heterocycles. The highest BCUT2D eigenvalue weighted by molar-refractivity contribution is 5.96. The van der Waals surface area contributed by atoms with Gasteiger partial charge in [-0.1, -0.05) is 30.3 Å². The van der Waals surface area contributed by atoms with E-state index in [0.29, 0.717) is 5.56 Å². The molecule has 0 aliphatic carbocycles. The first-order valence-corrected chi connectivity index (χ1v) is 7.79. The fourth-order valence-electron chi connectivity index (χ4n) is 2.37. The van der Waals surface area contributed by atoms with Crippen LogP contribution in [0.2, 0.25) is 0 Å². The third kappa shape index (κ3) is 4.01. The Morgan fingerprint density at radius 2 is 1.88 bits per heavy atom. The van der Waals surface area contributed by atoms with Crippen molar-refractivity contribution >= 4 is 11.9 Å². The molecule has 2 rings (SSSR count). The molecule has 0 aliphatic rings. The number of hydrogen-bond acceptors (Lipinski definition) is 3. The number of aliphatic carboxylic acids is 1. The summed E-state index contributed by atoms with van der Waals surface area (Å²) in [4.78, 5) is 25.5. The molecule has 6 heteroatoms. The lowest BCUT2D eigenvalue weighted by atomic mass is 10.0. The first-order chi connectivity index (χ1) is 11.2. The van der Waals surface area contributed by atoms with Gasteiger partial charge < -0.3 is 10.0 Å². The fourth-order valence-corrected chi connectivity index (χ4v) is 2.37. The second kappa shape index (κ2) is 6.86. The van der Waals surface area contributed by atoms with Gasteiger partial charge in [0.25, 0.3) is 5.91 Å². The molecule has 0 bridgehead atoms. The monoisotopic (exact) mass is 329 g/mol. The molecule has 0 radical (unpaired) electrons. The smallest absolute Gasteiger partial charge is 0.326 e. The van der Waals surface area contributed by atoms with Crippen LogP contribution in [0.15, 0.2) is 42.7 Å². The predicted octanol–water partition coefficient (Wildman–Crippen LogP) is 2.41. The van der Waals surface area contributed by atoms with Crippen LogP contribution in [0.25, 0.3) is 0 Å². The average molecular weight is 329 g/mol. The van der Waals surface area contributed by atoms with Crippen LogP contribution in [0.1, 0.15) is 36.7 Å². The van der Waals surface area contributed by atoms with Gasteiger partial charge in [0.2, 0.25) is 0 Å². The van der Waals surface area contributed by atoms with Crippen molar-refractivity contribution in [1.82, 2.24) is 14.7 Å². The highest BCUT2D eigenvalue weighted by Gasteiger charge is 2.28. The molecule has 0 aliphatic heterocycles. The van der Waals surface area contributed by atoms with E-state index in [0.717, 1.165) is 5.56 Å². The maximum atomic E-state index is 12.6. The normalized spacial score (nSPS) is 12.7. The number of aromatic nitrogens is 2. The molecule has 0 spiro atoms. The lowest BCUT2D eigenvalue weighted by molar-refractivity contribution is -0.141. The molecule has 0 saturated carbocycles. The number of amides is 1. The van der Waals surface area contributed by atoms with E-state index in [-0.39, 0.29) is 17.9 Å². The summed E-state index contributed by atoms with van der Waals surface area (Å²) in [5, 5.41) is 13.7. The molecular weight excluding hydrogens is 306 g/mol. The van der Waals surface area contributed by atoms with Crippen molar-refractivity contribution in [2.24, 2.45) is 0 Å². The van der Waals surface area contributed by atoms with E-state index in [2.05, 4.69) is 5.10 Å². The highest BCUT2D eigenvalue weighted by Crippen LogP contribution is 2.16. The van der Waals surface area contributed by atoms with Gasteiger partial charge in [-0.05, 0) is 26.3 Å². The first kappa shape index (κ1) is 17.7. The molecule has 128 valence electrons. The molecule has 6 nitrogen and oxygen atoms in total. The zero-order valence-corrected chi connectivity index (χ0v) is 14.4. The number of carboxylic acid groups (broad SMARTS) is 1. The third-order valence-corrected chi connectivity index (χ3v) is 3.86. The van der Waals surface area contributed by atoms with E-state index in [1.807, 2.05) is 51.1 Å². The van der Waals surface area contributed by atoms with Crippen LogP contribution in [0, 0.1) is 0 Å². The predicted molar refractivity (Wildman–Crippen MR) is 90.9 cm³/mol. The van der Waals surface area contributed by atoms with E-state index in [4.69, 9.17) is 0 Å². The van der Waals surface area contributed by atoms with E-state index < -0.39 is 12.0 Å². The van der Waals surface area contributed by atoms with Gasteiger partial charge in [-0.15, -0.1) is 0 Å². The van der Waals surface area contributed by atoms with Gasteiger partial charge in [-0.25, -0.2) is 4.79 Å². The highest BCUT2D eigenvalue weighted by atomic mass is 16.4. The van der Waals surface area contributed by atoms with Crippen molar-refractivity contribution in [2.45, 2.75) is 38.8 Å². The lowest BCUT2D eigenvalue weighted by Gasteiger charge is -2.24. The summed E-state index contributed by atoms with van der Waals surface area (Å²) in [5.41, 5.74) is 1.01. The Labute approximate surface area is 141 Å². The van der Waals surface area contributed by atoms with Gasteiger partial charge in [0, 0.05) is 19.7 Å². The minimum absolute atomic E-state index is 0.243. The van der Waals surface area contributed by atoms with Crippen LogP contribution < -0.4 is 0 Å². The largest absolute Gasteiger partial charge is 0.480 e. The van der Waals surface area contributed by atoms with E-state index in [9.17, 15) is 14.7 Å². The lowest BCUT2D eigenvalue weighted by Crippen LogP contribution is -2.43. The Kier molecular flexibility index (Phi) is 5.07. The van der Waals surface area contributed by atoms with Crippen molar-refractivity contribution in [2.75, 3.05) is 7.05 Å². The number of likely N-dealkylation sites (N-methyl/N-ethyl adjacent to an activating group) is 1. The van der Waals surface area contributed by atoms with Gasteiger partial charge in [0.15, 0.2) is 0 Å². The summed E-state index contributed by atoms with van der Waals surface area (Å²) >= 11 is 0. The number of carbonyl (C=O) groups is 2. The number of hydrogen-bond donors (Lipinski definition) is 1. The summed E-state index contributed by atoms with van der Waals surface area (Å²) in [6.07, 6.45) is 3.39. The van der Waals surface area contributed by atoms with Crippen molar-refractivity contribution in [3.63, 3.8) is 0 Å². The Morgan fingerprint density at radius 3 is 2.38 bits per heavy atom. The van der Waals surface area contributed by atoms with Gasteiger partial charge in [0.05, 0.1) is 17.3 Å². The van der Waals surface area contributed by atoms with Crippen LogP contribution in [-0.2, 0) is 16.8 Å². The van der Waals surface area contributed by atoms with Crippen molar-refractivity contribution in [1.29, 1.82) is 0 Å². The SMILES string of the molecule is CN(C(=O)c1cnn(C(C)(C)C)c1)[C@H](Cc1ccccc1)C(=O)O. The van der Waals surface area contributed by atoms with Gasteiger partial charge in [0.1, 0.15) is 6.04 Å². The maximum Gasteiger partial charge on any atom is 0.326 e. The zero-order chi connectivity index (χ0) is 17.9. The molecular formula is C18H23N3O3. The third-order valence-electron chi connectivity index (χ3n) is 3.86. The van der Waals surface area contributed by atoms with E-state index >= 15 is 0 Å². The quantitative estimate of drug-likeness (QED) is 0.914. The minimum Gasteiger partial charge on any atom is -0.480 e. The van der Waals surface area contributed by atoms with Gasteiger partial charge in [-0.2, -0.15) is 5.10 Å². The first-order valence-electron chi connectivity index (χ1n) is 7.79. The van der Waals surface area contributed by atoms with Crippen LogP contribution in [0.5, 0.6) is 0 Å². The summed E-state index contributed by atoms with van der Waals surface area (Å²) in [7, 11) is 1.51. The molecule has 0 saturated heterocycles. The molecule has 0 fully saturated rings. The average Bonchev–Trinajstić information content (AvgIpc) is 3.02. The summed E-state index contributed by atoms with van der Waals surface area (Å²) < 4.78 is 1.70. The van der Waals surface area contributed by atoms with E-state index in [1.54, 1.807) is 10.9 Å². The number of carbonyl (C=O) groups excluding carboxylic acids is 1. The summed E-state index contributed by atoms with van der Waals surface area (Å²) in [6, 6.07) is 8.34.